The van der Waals surface area contributed by atoms with Crippen molar-refractivity contribution in [2.45, 2.75) is 45.7 Å². The van der Waals surface area contributed by atoms with Gasteiger partial charge in [-0.1, -0.05) is 0 Å². The van der Waals surface area contributed by atoms with Gasteiger partial charge in [-0.15, -0.1) is 11.3 Å². The molecular weight excluding hydrogens is 424 g/mol. The SMILES string of the molecule is Cc1c(-c2ccn(C(C)C)n2)sc2nc(-c3nccn3C)nc(NC[C@@H]3CCC(=O)N3)c12. The van der Waals surface area contributed by atoms with Gasteiger partial charge < -0.3 is 15.2 Å². The van der Waals surface area contributed by atoms with Crippen LogP contribution in [-0.2, 0) is 11.8 Å². The zero-order valence-electron chi connectivity index (χ0n) is 18.6. The highest BCUT2D eigenvalue weighted by atomic mass is 32.1. The molecule has 0 aliphatic carbocycles. The van der Waals surface area contributed by atoms with Crippen molar-refractivity contribution in [2.24, 2.45) is 7.05 Å². The van der Waals surface area contributed by atoms with Gasteiger partial charge in [0.15, 0.2) is 11.6 Å². The maximum Gasteiger partial charge on any atom is 0.220 e. The normalized spacial score (nSPS) is 16.3. The average Bonchev–Trinajstić information content (AvgIpc) is 3.53. The number of carbonyl (C=O) groups is 1. The number of nitrogens with zero attached hydrogens (tertiary/aromatic N) is 6. The maximum absolute atomic E-state index is 11.6. The van der Waals surface area contributed by atoms with E-state index in [9.17, 15) is 4.79 Å². The molecule has 1 fully saturated rings. The van der Waals surface area contributed by atoms with E-state index < -0.39 is 0 Å². The second-order valence-electron chi connectivity index (χ2n) is 8.45. The summed E-state index contributed by atoms with van der Waals surface area (Å²) in [6.45, 7) is 6.94. The van der Waals surface area contributed by atoms with Gasteiger partial charge in [0, 0.05) is 50.7 Å². The molecule has 0 spiro atoms. The van der Waals surface area contributed by atoms with Crippen molar-refractivity contribution in [3.05, 3.63) is 30.2 Å². The highest BCUT2D eigenvalue weighted by molar-refractivity contribution is 7.22. The van der Waals surface area contributed by atoms with Crippen LogP contribution in [-0.4, -0.2) is 47.8 Å². The third-order valence-electron chi connectivity index (χ3n) is 5.78. The minimum Gasteiger partial charge on any atom is -0.367 e. The average molecular weight is 451 g/mol. The Balaban J connectivity index is 1.60. The van der Waals surface area contributed by atoms with Gasteiger partial charge in [0.05, 0.1) is 10.3 Å². The molecule has 9 nitrogen and oxygen atoms in total. The molecule has 1 amide bonds. The molecule has 5 heterocycles. The molecule has 166 valence electrons. The quantitative estimate of drug-likeness (QED) is 0.466. The van der Waals surface area contributed by atoms with E-state index in [1.165, 1.54) is 0 Å². The first-order valence-electron chi connectivity index (χ1n) is 10.8. The molecule has 4 aromatic rings. The van der Waals surface area contributed by atoms with Crippen LogP contribution in [0.4, 0.5) is 5.82 Å². The number of anilines is 1. The number of hydrogen-bond acceptors (Lipinski definition) is 7. The van der Waals surface area contributed by atoms with Gasteiger partial charge in [0.1, 0.15) is 16.3 Å². The monoisotopic (exact) mass is 450 g/mol. The van der Waals surface area contributed by atoms with Crippen LogP contribution in [0.5, 0.6) is 0 Å². The molecule has 32 heavy (non-hydrogen) atoms. The van der Waals surface area contributed by atoms with E-state index in [1.54, 1.807) is 17.5 Å². The van der Waals surface area contributed by atoms with Crippen LogP contribution in [0.3, 0.4) is 0 Å². The number of carbonyl (C=O) groups excluding carboxylic acids is 1. The van der Waals surface area contributed by atoms with Gasteiger partial charge in [-0.3, -0.25) is 9.48 Å². The van der Waals surface area contributed by atoms with Crippen LogP contribution in [0.1, 0.15) is 38.3 Å². The Labute approximate surface area is 189 Å². The molecule has 4 aromatic heterocycles. The van der Waals surface area contributed by atoms with Crippen LogP contribution in [0.25, 0.3) is 32.4 Å². The number of aromatic nitrogens is 6. The number of rotatable bonds is 6. The molecule has 1 atom stereocenters. The summed E-state index contributed by atoms with van der Waals surface area (Å²) in [7, 11) is 1.93. The van der Waals surface area contributed by atoms with E-state index in [2.05, 4.69) is 36.4 Å². The first-order chi connectivity index (χ1) is 15.4. The van der Waals surface area contributed by atoms with E-state index in [0.717, 1.165) is 38.6 Å². The van der Waals surface area contributed by atoms with Crippen LogP contribution in [0.2, 0.25) is 0 Å². The smallest absolute Gasteiger partial charge is 0.220 e. The zero-order valence-corrected chi connectivity index (χ0v) is 19.4. The lowest BCUT2D eigenvalue weighted by Gasteiger charge is -2.14. The van der Waals surface area contributed by atoms with Crippen LogP contribution in [0.15, 0.2) is 24.7 Å². The van der Waals surface area contributed by atoms with Crippen molar-refractivity contribution in [1.29, 1.82) is 0 Å². The van der Waals surface area contributed by atoms with E-state index in [0.29, 0.717) is 30.7 Å². The molecule has 0 radical (unpaired) electrons. The minimum absolute atomic E-state index is 0.101. The molecular formula is C22H26N8OS. The molecule has 0 aromatic carbocycles. The van der Waals surface area contributed by atoms with Crippen LogP contribution in [0, 0.1) is 6.92 Å². The fourth-order valence-electron chi connectivity index (χ4n) is 3.99. The topological polar surface area (TPSA) is 103 Å². The molecule has 5 rings (SSSR count). The van der Waals surface area contributed by atoms with Crippen molar-refractivity contribution in [3.63, 3.8) is 0 Å². The molecule has 1 saturated heterocycles. The highest BCUT2D eigenvalue weighted by Crippen LogP contribution is 2.40. The Hall–Kier alpha value is -3.27. The Morgan fingerprint density at radius 2 is 2.16 bits per heavy atom. The standard InChI is InChI=1S/C22H26N8OS/c1-12(2)30-9-7-15(28-30)18-13(3)17-19(24-11-14-5-6-16(31)25-14)26-20(27-22(17)32-18)21-23-8-10-29(21)4/h7-10,12,14H,5-6,11H2,1-4H3,(H,25,31)(H,24,26,27)/t14-/m0/s1. The third kappa shape index (κ3) is 3.64. The van der Waals surface area contributed by atoms with Crippen molar-refractivity contribution in [3.8, 4) is 22.2 Å². The molecule has 0 saturated carbocycles. The summed E-state index contributed by atoms with van der Waals surface area (Å²) in [4.78, 5) is 27.7. The summed E-state index contributed by atoms with van der Waals surface area (Å²) in [5.41, 5.74) is 2.04. The molecule has 0 unspecified atom stereocenters. The largest absolute Gasteiger partial charge is 0.367 e. The van der Waals surface area contributed by atoms with Gasteiger partial charge >= 0.3 is 0 Å². The lowest BCUT2D eigenvalue weighted by Crippen LogP contribution is -2.32. The Morgan fingerprint density at radius 1 is 1.31 bits per heavy atom. The van der Waals surface area contributed by atoms with Gasteiger partial charge in [0.25, 0.3) is 0 Å². The Morgan fingerprint density at radius 3 is 2.81 bits per heavy atom. The van der Waals surface area contributed by atoms with E-state index in [1.807, 2.05) is 34.8 Å². The molecule has 2 N–H and O–H groups in total. The number of aryl methyl sites for hydroxylation is 2. The number of hydrogen-bond donors (Lipinski definition) is 2. The Bertz CT molecular complexity index is 1300. The van der Waals surface area contributed by atoms with Crippen molar-refractivity contribution in [2.75, 3.05) is 11.9 Å². The van der Waals surface area contributed by atoms with Gasteiger partial charge in [-0.05, 0) is 38.8 Å². The van der Waals surface area contributed by atoms with E-state index in [4.69, 9.17) is 15.1 Å². The molecule has 1 aliphatic heterocycles. The second kappa shape index (κ2) is 8.01. The molecule has 10 heteroatoms. The Kier molecular flexibility index (Phi) is 5.16. The third-order valence-corrected chi connectivity index (χ3v) is 6.99. The van der Waals surface area contributed by atoms with Crippen molar-refractivity contribution < 1.29 is 4.79 Å². The van der Waals surface area contributed by atoms with E-state index in [-0.39, 0.29) is 11.9 Å². The van der Waals surface area contributed by atoms with Crippen LogP contribution >= 0.6 is 11.3 Å². The molecule has 1 aliphatic rings. The summed E-state index contributed by atoms with van der Waals surface area (Å²) < 4.78 is 3.87. The first kappa shape index (κ1) is 20.6. The summed E-state index contributed by atoms with van der Waals surface area (Å²) in [6.07, 6.45) is 7.04. The van der Waals surface area contributed by atoms with Gasteiger partial charge in [0.2, 0.25) is 5.91 Å². The summed E-state index contributed by atoms with van der Waals surface area (Å²) in [6, 6.07) is 2.45. The van der Waals surface area contributed by atoms with Crippen molar-refractivity contribution in [1.82, 2.24) is 34.6 Å². The molecule has 0 bridgehead atoms. The lowest BCUT2D eigenvalue weighted by atomic mass is 10.1. The van der Waals surface area contributed by atoms with E-state index >= 15 is 0 Å². The summed E-state index contributed by atoms with van der Waals surface area (Å²) in [5, 5.41) is 12.2. The first-order valence-corrected chi connectivity index (χ1v) is 11.6. The number of imidazole rings is 1. The van der Waals surface area contributed by atoms with Gasteiger partial charge in [-0.25, -0.2) is 15.0 Å². The van der Waals surface area contributed by atoms with Gasteiger partial charge in [-0.2, -0.15) is 5.10 Å². The highest BCUT2D eigenvalue weighted by Gasteiger charge is 2.23. The minimum atomic E-state index is 0.101. The summed E-state index contributed by atoms with van der Waals surface area (Å²) >= 11 is 1.62. The van der Waals surface area contributed by atoms with Crippen molar-refractivity contribution >= 4 is 33.3 Å². The number of thiophene rings is 1. The number of fused-ring (bicyclic) bond motifs is 1. The second-order valence-corrected chi connectivity index (χ2v) is 9.45. The summed E-state index contributed by atoms with van der Waals surface area (Å²) in [5.74, 6) is 2.15. The predicted molar refractivity (Wildman–Crippen MR) is 126 cm³/mol. The predicted octanol–water partition coefficient (Wildman–Crippen LogP) is 3.54. The fourth-order valence-corrected chi connectivity index (χ4v) is 5.14. The number of nitrogens with one attached hydrogen (secondary N) is 2. The van der Waals surface area contributed by atoms with Crippen LogP contribution < -0.4 is 10.6 Å². The fraction of sp³-hybridized carbons (Fsp3) is 0.409. The lowest BCUT2D eigenvalue weighted by molar-refractivity contribution is -0.119. The zero-order chi connectivity index (χ0) is 22.4. The number of amides is 1. The maximum atomic E-state index is 11.6.